The molecule has 2 aromatic rings. The van der Waals surface area contributed by atoms with Crippen LogP contribution in [0.2, 0.25) is 5.02 Å². The van der Waals surface area contributed by atoms with E-state index in [0.29, 0.717) is 27.4 Å². The first-order valence-electron chi connectivity index (χ1n) is 16.3. The summed E-state index contributed by atoms with van der Waals surface area (Å²) in [5, 5.41) is 1.89. The monoisotopic (exact) mass is 643 g/mol. The highest BCUT2D eigenvalue weighted by Crippen LogP contribution is 2.33. The largest absolute Gasteiger partial charge is 0.317 e. The number of hydrogen-bond acceptors (Lipinski definition) is 1. The predicted molar refractivity (Wildman–Crippen MR) is 192 cm³/mol. The Morgan fingerprint density at radius 2 is 1.58 bits per heavy atom. The lowest BCUT2D eigenvalue weighted by molar-refractivity contribution is 0.0970. The molecule has 5 heteroatoms. The molecule has 0 saturated heterocycles. The molecule has 0 aliphatic rings. The van der Waals surface area contributed by atoms with Gasteiger partial charge in [0.15, 0.2) is 5.78 Å². The molecule has 0 bridgehead atoms. The minimum absolute atomic E-state index is 0.275. The Hall–Kier alpha value is -2.00. The molecule has 0 aliphatic carbocycles. The van der Waals surface area contributed by atoms with Crippen molar-refractivity contribution in [2.24, 2.45) is 5.92 Å². The number of ketones is 1. The number of carbonyl (C=O) groups excluding carboxylic acids is 1. The molecule has 1 unspecified atom stereocenters. The highest BCUT2D eigenvalue weighted by molar-refractivity contribution is 6.34. The fourth-order valence-corrected chi connectivity index (χ4v) is 6.39. The van der Waals surface area contributed by atoms with Crippen molar-refractivity contribution in [3.05, 3.63) is 85.7 Å². The average molecular weight is 645 g/mol. The second-order valence-corrected chi connectivity index (χ2v) is 13.0. The van der Waals surface area contributed by atoms with Gasteiger partial charge in [-0.3, -0.25) is 4.79 Å². The van der Waals surface area contributed by atoms with Crippen molar-refractivity contribution < 1.29 is 4.79 Å². The van der Waals surface area contributed by atoms with Gasteiger partial charge in [-0.2, -0.15) is 0 Å². The van der Waals surface area contributed by atoms with Crippen molar-refractivity contribution in [3.63, 3.8) is 0 Å². The van der Waals surface area contributed by atoms with E-state index >= 15 is 0 Å². The number of halogens is 3. The van der Waals surface area contributed by atoms with Gasteiger partial charge in [-0.15, -0.1) is 0 Å². The highest BCUT2D eigenvalue weighted by atomic mass is 35.5. The van der Waals surface area contributed by atoms with Crippen molar-refractivity contribution in [1.29, 1.82) is 0 Å². The summed E-state index contributed by atoms with van der Waals surface area (Å²) in [7, 11) is 0. The van der Waals surface area contributed by atoms with Gasteiger partial charge in [-0.25, -0.2) is 0 Å². The number of nitrogens with zero attached hydrogens (tertiary/aromatic N) is 1. The Labute approximate surface area is 276 Å². The predicted octanol–water partition coefficient (Wildman–Crippen LogP) is 13.3. The Morgan fingerprint density at radius 1 is 0.860 bits per heavy atom. The smallest absolute Gasteiger partial charge is 0.165 e. The maximum Gasteiger partial charge on any atom is 0.165 e. The van der Waals surface area contributed by atoms with Crippen LogP contribution in [0.3, 0.4) is 0 Å². The number of unbranched alkanes of at least 4 members (excludes halogenated alkanes) is 3. The number of hydrogen-bond donors (Lipinski definition) is 0. The maximum atomic E-state index is 14.2. The third-order valence-electron chi connectivity index (χ3n) is 7.94. The molecule has 0 saturated carbocycles. The zero-order valence-electron chi connectivity index (χ0n) is 27.2. The second kappa shape index (κ2) is 20.1. The van der Waals surface area contributed by atoms with Crippen molar-refractivity contribution in [1.82, 2.24) is 4.57 Å². The molecule has 1 aromatic carbocycles. The van der Waals surface area contributed by atoms with Crippen LogP contribution in [0, 0.1) is 5.92 Å². The molecule has 236 valence electrons. The standard InChI is InChI=1S/C38H52Cl3NO/c1-7-11-12-13-16-30(14-8-2)21-26-37(43)38-34(15-9-3)36(25-20-31-18-23-32(40)24-19-31)42(35(38)10-4)29(6)17-22-33(41)27-28(5)39/h17-20,22-25,27,30H,7-16,21,26H2,1-6H3/b25-20+,28-27+,29-17+,33-22+. The SMILES string of the molecule is CCCCCCC(CCC)CCC(=O)c1c(CCC)c(/C=C/c2ccc(Cl)cc2)n(/C(C)=C/C=C(Cl)\C=C(/C)Cl)c1CC. The number of rotatable bonds is 19. The minimum atomic E-state index is 0.275. The van der Waals surface area contributed by atoms with E-state index in [1.54, 1.807) is 13.0 Å². The Bertz CT molecular complexity index is 1270. The normalized spacial score (nSPS) is 13.7. The van der Waals surface area contributed by atoms with Gasteiger partial charge in [0.05, 0.1) is 0 Å². The summed E-state index contributed by atoms with van der Waals surface area (Å²) < 4.78 is 2.26. The topological polar surface area (TPSA) is 22.0 Å². The lowest BCUT2D eigenvalue weighted by Crippen LogP contribution is -2.10. The van der Waals surface area contributed by atoms with E-state index in [1.165, 1.54) is 44.9 Å². The van der Waals surface area contributed by atoms with E-state index in [0.717, 1.165) is 59.5 Å². The van der Waals surface area contributed by atoms with Crippen molar-refractivity contribution in [2.45, 2.75) is 119 Å². The van der Waals surface area contributed by atoms with E-state index in [1.807, 2.05) is 36.4 Å². The van der Waals surface area contributed by atoms with E-state index in [4.69, 9.17) is 34.8 Å². The number of carbonyl (C=O) groups is 1. The fourth-order valence-electron chi connectivity index (χ4n) is 5.86. The number of Topliss-reactive ketones (excluding diaryl/α,β-unsaturated/α-hetero) is 1. The van der Waals surface area contributed by atoms with Gasteiger partial charge in [0, 0.05) is 44.2 Å². The lowest BCUT2D eigenvalue weighted by atomic mass is 9.89. The number of allylic oxidation sites excluding steroid dienone is 6. The molecule has 0 radical (unpaired) electrons. The quantitative estimate of drug-likeness (QED) is 0.0847. The van der Waals surface area contributed by atoms with Crippen LogP contribution in [0.1, 0.15) is 139 Å². The van der Waals surface area contributed by atoms with Crippen LogP contribution in [0.15, 0.2) is 52.6 Å². The van der Waals surface area contributed by atoms with E-state index in [-0.39, 0.29) is 5.78 Å². The minimum Gasteiger partial charge on any atom is -0.317 e. The van der Waals surface area contributed by atoms with Gasteiger partial charge in [0.2, 0.25) is 0 Å². The summed E-state index contributed by atoms with van der Waals surface area (Å²) in [4.78, 5) is 14.2. The molecule has 43 heavy (non-hydrogen) atoms. The van der Waals surface area contributed by atoms with Crippen LogP contribution in [0.4, 0.5) is 0 Å². The summed E-state index contributed by atoms with van der Waals surface area (Å²) in [6, 6.07) is 7.83. The van der Waals surface area contributed by atoms with Crippen molar-refractivity contribution in [2.75, 3.05) is 0 Å². The molecular formula is C38H52Cl3NO. The van der Waals surface area contributed by atoms with E-state index < -0.39 is 0 Å². The molecule has 0 amide bonds. The fraction of sp³-hybridized carbons (Fsp3) is 0.500. The molecule has 1 heterocycles. The van der Waals surface area contributed by atoms with E-state index in [9.17, 15) is 4.79 Å². The molecule has 0 spiro atoms. The Morgan fingerprint density at radius 3 is 2.19 bits per heavy atom. The van der Waals surface area contributed by atoms with Crippen LogP contribution >= 0.6 is 34.8 Å². The molecule has 1 atom stereocenters. The van der Waals surface area contributed by atoms with Crippen LogP contribution in [0.25, 0.3) is 17.8 Å². The molecule has 2 nitrogen and oxygen atoms in total. The van der Waals surface area contributed by atoms with Gasteiger partial charge in [0.1, 0.15) is 0 Å². The summed E-state index contributed by atoms with van der Waals surface area (Å²) >= 11 is 18.6. The number of aromatic nitrogens is 1. The van der Waals surface area contributed by atoms with E-state index in [2.05, 4.69) is 51.3 Å². The molecule has 1 aromatic heterocycles. The summed E-state index contributed by atoms with van der Waals surface area (Å²) in [5.41, 5.74) is 6.25. The first-order valence-corrected chi connectivity index (χ1v) is 17.4. The summed E-state index contributed by atoms with van der Waals surface area (Å²) in [6.07, 6.45) is 22.7. The molecular weight excluding hydrogens is 593 g/mol. The Kier molecular flexibility index (Phi) is 17.4. The number of benzene rings is 1. The third-order valence-corrected chi connectivity index (χ3v) is 8.54. The third kappa shape index (κ3) is 12.1. The lowest BCUT2D eigenvalue weighted by Gasteiger charge is -2.16. The molecule has 0 N–H and O–H groups in total. The molecule has 0 fully saturated rings. The van der Waals surface area contributed by atoms with Gasteiger partial charge in [-0.05, 0) is 86.6 Å². The van der Waals surface area contributed by atoms with Crippen molar-refractivity contribution >= 4 is 58.4 Å². The second-order valence-electron chi connectivity index (χ2n) is 11.6. The van der Waals surface area contributed by atoms with Crippen LogP contribution < -0.4 is 0 Å². The zero-order chi connectivity index (χ0) is 31.8. The Balaban J connectivity index is 2.61. The zero-order valence-corrected chi connectivity index (χ0v) is 29.5. The maximum absolute atomic E-state index is 14.2. The highest BCUT2D eigenvalue weighted by Gasteiger charge is 2.26. The first-order chi connectivity index (χ1) is 20.7. The average Bonchev–Trinajstić information content (AvgIpc) is 3.29. The van der Waals surface area contributed by atoms with Gasteiger partial charge in [-0.1, -0.05) is 132 Å². The molecule has 2 rings (SSSR count). The van der Waals surface area contributed by atoms with Gasteiger partial charge < -0.3 is 4.57 Å². The van der Waals surface area contributed by atoms with Crippen LogP contribution in [0.5, 0.6) is 0 Å². The van der Waals surface area contributed by atoms with Crippen molar-refractivity contribution in [3.8, 4) is 0 Å². The van der Waals surface area contributed by atoms with Crippen LogP contribution in [-0.4, -0.2) is 10.4 Å². The first kappa shape index (κ1) is 37.2. The summed E-state index contributed by atoms with van der Waals surface area (Å²) in [5.74, 6) is 0.890. The van der Waals surface area contributed by atoms with Gasteiger partial charge in [0.25, 0.3) is 0 Å². The summed E-state index contributed by atoms with van der Waals surface area (Å²) in [6.45, 7) is 12.7. The van der Waals surface area contributed by atoms with Crippen LogP contribution in [-0.2, 0) is 12.8 Å². The van der Waals surface area contributed by atoms with Gasteiger partial charge >= 0.3 is 0 Å². The molecule has 0 aliphatic heterocycles.